The molecular formula is C27H23N7O5. The predicted molar refractivity (Wildman–Crippen MR) is 138 cm³/mol. The Labute approximate surface area is 220 Å². The molecule has 0 radical (unpaired) electrons. The van der Waals surface area contributed by atoms with Crippen molar-refractivity contribution in [2.75, 3.05) is 0 Å². The zero-order chi connectivity index (χ0) is 27.1. The average molecular weight is 526 g/mol. The molecule has 12 heteroatoms. The van der Waals surface area contributed by atoms with Gasteiger partial charge in [0, 0.05) is 25.1 Å². The van der Waals surface area contributed by atoms with Crippen molar-refractivity contribution in [1.82, 2.24) is 35.7 Å². The van der Waals surface area contributed by atoms with Gasteiger partial charge >= 0.3 is 5.76 Å². The number of oxazole rings is 1. The molecule has 0 unspecified atom stereocenters. The largest absolute Gasteiger partial charge is 0.441 e. The minimum absolute atomic E-state index is 0.0856. The molecular weight excluding hydrogens is 502 g/mol. The van der Waals surface area contributed by atoms with Crippen LogP contribution < -0.4 is 16.4 Å². The molecule has 0 aliphatic heterocycles. The first-order chi connectivity index (χ1) is 18.9. The van der Waals surface area contributed by atoms with E-state index in [0.29, 0.717) is 29.2 Å². The molecule has 3 aromatic heterocycles. The van der Waals surface area contributed by atoms with E-state index in [4.69, 9.17) is 4.42 Å². The Balaban J connectivity index is 1.13. The summed E-state index contributed by atoms with van der Waals surface area (Å²) < 4.78 is 10.1. The van der Waals surface area contributed by atoms with E-state index in [-0.39, 0.29) is 24.0 Å². The number of nitrogens with zero attached hydrogens (tertiary/aromatic N) is 4. The Morgan fingerprint density at radius 2 is 1.90 bits per heavy atom. The lowest BCUT2D eigenvalue weighted by Gasteiger charge is -2.15. The fourth-order valence-corrected chi connectivity index (χ4v) is 4.94. The Bertz CT molecular complexity index is 1800. The highest BCUT2D eigenvalue weighted by Gasteiger charge is 2.28. The standard InChI is InChI=1S/C27H23N7O5/c1-13-16-6-7-19(18(16)5-4-17(13)24-33-27(37)39-34-24)32-26(36)22-10-21(29-12-30-22)25(35)28-11-15-3-8-23-20(9-15)31-14(2)38-23/h3-5,8-10,12,19H,6-7,11H2,1-2H3,(H,28,35)(H,32,36)(H,33,34,37)/t19-/m0/s1. The van der Waals surface area contributed by atoms with Gasteiger partial charge in [-0.3, -0.25) is 19.1 Å². The summed E-state index contributed by atoms with van der Waals surface area (Å²) in [5.74, 6) is -0.505. The first kappa shape index (κ1) is 24.2. The second kappa shape index (κ2) is 9.63. The maximum atomic E-state index is 13.1. The maximum Gasteiger partial charge on any atom is 0.439 e. The average Bonchev–Trinajstić information content (AvgIpc) is 3.65. The van der Waals surface area contributed by atoms with Crippen LogP contribution in [0.4, 0.5) is 0 Å². The third-order valence-corrected chi connectivity index (χ3v) is 6.84. The summed E-state index contributed by atoms with van der Waals surface area (Å²) in [5.41, 5.74) is 6.24. The number of aromatic nitrogens is 5. The summed E-state index contributed by atoms with van der Waals surface area (Å²) in [7, 11) is 0. The second-order valence-electron chi connectivity index (χ2n) is 9.32. The molecule has 39 heavy (non-hydrogen) atoms. The van der Waals surface area contributed by atoms with Gasteiger partial charge in [-0.2, -0.15) is 0 Å². The SMILES string of the molecule is Cc1nc2cc(CNC(=O)c3cc(C(=O)N[C@H]4CCc5c4ccc(-c4noc(=O)[nH]4)c5C)ncn3)ccc2o1. The monoisotopic (exact) mass is 525 g/mol. The molecule has 6 rings (SSSR count). The molecule has 0 saturated carbocycles. The summed E-state index contributed by atoms with van der Waals surface area (Å²) in [6.07, 6.45) is 2.65. The summed E-state index contributed by atoms with van der Waals surface area (Å²) >= 11 is 0. The predicted octanol–water partition coefficient (Wildman–Crippen LogP) is 2.93. The third-order valence-electron chi connectivity index (χ3n) is 6.84. The van der Waals surface area contributed by atoms with Gasteiger partial charge in [0.25, 0.3) is 11.8 Å². The Kier molecular flexibility index (Phi) is 5.98. The van der Waals surface area contributed by atoms with Crippen molar-refractivity contribution in [3.63, 3.8) is 0 Å². The van der Waals surface area contributed by atoms with Gasteiger partial charge in [0.05, 0.1) is 6.04 Å². The Morgan fingerprint density at radius 1 is 1.08 bits per heavy atom. The van der Waals surface area contributed by atoms with Gasteiger partial charge in [-0.05, 0) is 54.2 Å². The molecule has 3 heterocycles. The molecule has 1 atom stereocenters. The van der Waals surface area contributed by atoms with Crippen LogP contribution in [0.25, 0.3) is 22.5 Å². The van der Waals surface area contributed by atoms with Gasteiger partial charge in [0.15, 0.2) is 17.3 Å². The van der Waals surface area contributed by atoms with E-state index in [2.05, 4.69) is 40.2 Å². The van der Waals surface area contributed by atoms with E-state index >= 15 is 0 Å². The highest BCUT2D eigenvalue weighted by molar-refractivity contribution is 5.97. The van der Waals surface area contributed by atoms with Crippen LogP contribution in [-0.2, 0) is 13.0 Å². The van der Waals surface area contributed by atoms with Crippen molar-refractivity contribution < 1.29 is 18.5 Å². The van der Waals surface area contributed by atoms with Crippen molar-refractivity contribution in [3.05, 3.63) is 92.8 Å². The molecule has 3 N–H and O–H groups in total. The molecule has 5 aromatic rings. The molecule has 1 aliphatic carbocycles. The number of amides is 2. The van der Waals surface area contributed by atoms with Crippen molar-refractivity contribution >= 4 is 22.9 Å². The van der Waals surface area contributed by atoms with Gasteiger partial charge in [0.2, 0.25) is 0 Å². The van der Waals surface area contributed by atoms with Gasteiger partial charge < -0.3 is 15.1 Å². The van der Waals surface area contributed by atoms with E-state index in [1.807, 2.05) is 37.3 Å². The number of H-pyrrole nitrogens is 1. The van der Waals surface area contributed by atoms with E-state index in [1.165, 1.54) is 12.4 Å². The van der Waals surface area contributed by atoms with Crippen LogP contribution in [0.2, 0.25) is 0 Å². The molecule has 2 amide bonds. The van der Waals surface area contributed by atoms with E-state index in [0.717, 1.165) is 34.2 Å². The van der Waals surface area contributed by atoms with Crippen LogP contribution in [0, 0.1) is 13.8 Å². The van der Waals surface area contributed by atoms with Crippen molar-refractivity contribution in [3.8, 4) is 11.4 Å². The number of carbonyl (C=O) groups is 2. The van der Waals surface area contributed by atoms with E-state index in [9.17, 15) is 14.4 Å². The van der Waals surface area contributed by atoms with E-state index < -0.39 is 17.6 Å². The number of benzene rings is 2. The summed E-state index contributed by atoms with van der Waals surface area (Å²) in [5, 5.41) is 9.61. The molecule has 0 fully saturated rings. The number of aryl methyl sites for hydroxylation is 1. The Morgan fingerprint density at radius 3 is 2.69 bits per heavy atom. The fraction of sp³-hybridized carbons (Fsp3) is 0.222. The molecule has 0 bridgehead atoms. The van der Waals surface area contributed by atoms with Gasteiger partial charge in [-0.1, -0.05) is 23.4 Å². The number of hydrogen-bond acceptors (Lipinski definition) is 9. The van der Waals surface area contributed by atoms with Crippen LogP contribution in [0.5, 0.6) is 0 Å². The Hall–Kier alpha value is -5.13. The molecule has 0 spiro atoms. The topological polar surface area (TPSA) is 169 Å². The van der Waals surface area contributed by atoms with Crippen molar-refractivity contribution in [1.29, 1.82) is 0 Å². The molecule has 1 aliphatic rings. The minimum atomic E-state index is -0.615. The normalized spacial score (nSPS) is 14.4. The number of nitrogens with one attached hydrogen (secondary N) is 3. The third kappa shape index (κ3) is 4.67. The number of fused-ring (bicyclic) bond motifs is 2. The first-order valence-electron chi connectivity index (χ1n) is 12.3. The highest BCUT2D eigenvalue weighted by atomic mass is 16.5. The van der Waals surface area contributed by atoms with Gasteiger partial charge in [-0.25, -0.2) is 19.7 Å². The van der Waals surface area contributed by atoms with Crippen molar-refractivity contribution in [2.45, 2.75) is 39.3 Å². The van der Waals surface area contributed by atoms with Crippen LogP contribution in [0.3, 0.4) is 0 Å². The number of carbonyl (C=O) groups excluding carboxylic acids is 2. The van der Waals surface area contributed by atoms with Crippen LogP contribution in [-0.4, -0.2) is 36.9 Å². The summed E-state index contributed by atoms with van der Waals surface area (Å²) in [6.45, 7) is 3.98. The van der Waals surface area contributed by atoms with Gasteiger partial charge in [0.1, 0.15) is 23.2 Å². The molecule has 2 aromatic carbocycles. The number of hydrogen-bond donors (Lipinski definition) is 3. The van der Waals surface area contributed by atoms with Gasteiger partial charge in [-0.15, -0.1) is 0 Å². The zero-order valence-electron chi connectivity index (χ0n) is 21.1. The van der Waals surface area contributed by atoms with Crippen LogP contribution in [0.1, 0.15) is 61.6 Å². The second-order valence-corrected chi connectivity index (χ2v) is 9.32. The van der Waals surface area contributed by atoms with Crippen molar-refractivity contribution in [2.24, 2.45) is 0 Å². The summed E-state index contributed by atoms with van der Waals surface area (Å²) in [4.78, 5) is 52.2. The molecule has 0 saturated heterocycles. The number of rotatable bonds is 6. The molecule has 12 nitrogen and oxygen atoms in total. The maximum absolute atomic E-state index is 13.1. The lowest BCUT2D eigenvalue weighted by atomic mass is 9.97. The number of aromatic amines is 1. The molecule has 196 valence electrons. The first-order valence-corrected chi connectivity index (χ1v) is 12.3. The lowest BCUT2D eigenvalue weighted by molar-refractivity contribution is 0.0931. The fourth-order valence-electron chi connectivity index (χ4n) is 4.94. The lowest BCUT2D eigenvalue weighted by Crippen LogP contribution is -2.29. The minimum Gasteiger partial charge on any atom is -0.441 e. The van der Waals surface area contributed by atoms with Crippen LogP contribution >= 0.6 is 0 Å². The quantitative estimate of drug-likeness (QED) is 0.302. The smallest absolute Gasteiger partial charge is 0.439 e. The zero-order valence-corrected chi connectivity index (χ0v) is 21.1. The van der Waals surface area contributed by atoms with Crippen LogP contribution in [0.15, 0.2) is 56.5 Å². The highest BCUT2D eigenvalue weighted by Crippen LogP contribution is 2.37. The summed E-state index contributed by atoms with van der Waals surface area (Å²) in [6, 6.07) is 10.4. The van der Waals surface area contributed by atoms with E-state index in [1.54, 1.807) is 6.92 Å².